The van der Waals surface area contributed by atoms with Crippen LogP contribution in [0.25, 0.3) is 0 Å². The molecule has 0 aromatic heterocycles. The monoisotopic (exact) mass is 468 g/mol. The molecule has 0 saturated carbocycles. The maximum absolute atomic E-state index is 11.8. The van der Waals surface area contributed by atoms with Crippen molar-refractivity contribution in [2.75, 3.05) is 13.2 Å². The predicted molar refractivity (Wildman–Crippen MR) is 139 cm³/mol. The highest BCUT2D eigenvalue weighted by Crippen LogP contribution is 2.12. The van der Waals surface area contributed by atoms with Gasteiger partial charge in [-0.05, 0) is 37.5 Å². The molecule has 0 aliphatic heterocycles. The van der Waals surface area contributed by atoms with E-state index in [0.717, 1.165) is 76.0 Å². The van der Waals surface area contributed by atoms with Gasteiger partial charge < -0.3 is 9.47 Å². The highest BCUT2D eigenvalue weighted by atomic mass is 16.5. The maximum Gasteiger partial charge on any atom is 0.305 e. The topological polar surface area (TPSA) is 52.6 Å². The van der Waals surface area contributed by atoms with E-state index in [4.69, 9.17) is 9.47 Å². The number of ether oxygens (including phenoxy) is 2. The summed E-state index contributed by atoms with van der Waals surface area (Å²) in [6, 6.07) is 0. The van der Waals surface area contributed by atoms with Crippen LogP contribution in [0.4, 0.5) is 0 Å². The van der Waals surface area contributed by atoms with Crippen molar-refractivity contribution in [3.63, 3.8) is 0 Å². The Hall–Kier alpha value is -1.06. The Kier molecular flexibility index (Phi) is 23.3. The van der Waals surface area contributed by atoms with Gasteiger partial charge in [-0.2, -0.15) is 0 Å². The lowest BCUT2D eigenvalue weighted by Crippen LogP contribution is -2.05. The minimum absolute atomic E-state index is 0.0359. The molecule has 0 aromatic rings. The van der Waals surface area contributed by atoms with E-state index in [1.807, 2.05) is 0 Å². The standard InChI is InChI=1S/C29H56O4/c1-26(2)20-14-10-12-18-24-32-28(30)22-16-8-6-5-7-9-17-23-29(31)33-25-19-13-11-15-21-27(3)4/h26-27H,5-25H2,1-4H3. The molecule has 0 atom stereocenters. The summed E-state index contributed by atoms with van der Waals surface area (Å²) in [5.41, 5.74) is 0. The smallest absolute Gasteiger partial charge is 0.305 e. The number of carbonyl (C=O) groups is 2. The van der Waals surface area contributed by atoms with Gasteiger partial charge in [-0.25, -0.2) is 0 Å². The van der Waals surface area contributed by atoms with Crippen molar-refractivity contribution in [1.29, 1.82) is 0 Å². The van der Waals surface area contributed by atoms with Crippen molar-refractivity contribution in [1.82, 2.24) is 0 Å². The molecule has 0 aliphatic carbocycles. The second-order valence-electron chi connectivity index (χ2n) is 10.6. The van der Waals surface area contributed by atoms with Crippen LogP contribution < -0.4 is 0 Å². The van der Waals surface area contributed by atoms with E-state index >= 15 is 0 Å². The Labute approximate surface area is 206 Å². The molecule has 0 radical (unpaired) electrons. The van der Waals surface area contributed by atoms with Gasteiger partial charge in [-0.15, -0.1) is 0 Å². The molecular weight excluding hydrogens is 412 g/mol. The summed E-state index contributed by atoms with van der Waals surface area (Å²) in [6.45, 7) is 10.2. The van der Waals surface area contributed by atoms with Crippen molar-refractivity contribution in [3.8, 4) is 0 Å². The number of rotatable bonds is 24. The quantitative estimate of drug-likeness (QED) is 0.105. The molecule has 0 aromatic carbocycles. The number of unbranched alkanes of at least 4 members (excludes halogenated alkanes) is 12. The van der Waals surface area contributed by atoms with Gasteiger partial charge in [0.15, 0.2) is 0 Å². The van der Waals surface area contributed by atoms with Crippen LogP contribution in [-0.2, 0) is 19.1 Å². The van der Waals surface area contributed by atoms with E-state index in [0.29, 0.717) is 26.1 Å². The summed E-state index contributed by atoms with van der Waals surface area (Å²) < 4.78 is 10.7. The van der Waals surface area contributed by atoms with Crippen molar-refractivity contribution in [3.05, 3.63) is 0 Å². The van der Waals surface area contributed by atoms with Crippen LogP contribution >= 0.6 is 0 Å². The molecule has 0 aliphatic rings. The third-order valence-corrected chi connectivity index (χ3v) is 6.14. The molecule has 0 unspecified atom stereocenters. The first-order valence-electron chi connectivity index (χ1n) is 14.2. The normalized spacial score (nSPS) is 11.3. The zero-order valence-electron chi connectivity index (χ0n) is 22.6. The van der Waals surface area contributed by atoms with E-state index in [9.17, 15) is 9.59 Å². The first kappa shape index (κ1) is 31.9. The lowest BCUT2D eigenvalue weighted by Gasteiger charge is -2.07. The first-order valence-corrected chi connectivity index (χ1v) is 14.2. The van der Waals surface area contributed by atoms with Crippen molar-refractivity contribution in [2.24, 2.45) is 11.8 Å². The lowest BCUT2D eigenvalue weighted by atomic mass is 10.0. The molecule has 0 N–H and O–H groups in total. The van der Waals surface area contributed by atoms with Crippen molar-refractivity contribution in [2.45, 2.75) is 150 Å². The van der Waals surface area contributed by atoms with Gasteiger partial charge in [-0.1, -0.05) is 111 Å². The zero-order chi connectivity index (χ0) is 24.6. The summed E-state index contributed by atoms with van der Waals surface area (Å²) in [7, 11) is 0. The Bertz CT molecular complexity index is 405. The molecule has 0 heterocycles. The van der Waals surface area contributed by atoms with E-state index < -0.39 is 0 Å². The summed E-state index contributed by atoms with van der Waals surface area (Å²) >= 11 is 0. The molecule has 0 amide bonds. The van der Waals surface area contributed by atoms with E-state index in [-0.39, 0.29) is 11.9 Å². The summed E-state index contributed by atoms with van der Waals surface area (Å²) in [5.74, 6) is 1.50. The molecule has 0 spiro atoms. The van der Waals surface area contributed by atoms with Gasteiger partial charge in [0, 0.05) is 12.8 Å². The molecule has 0 fully saturated rings. The molecule has 4 nitrogen and oxygen atoms in total. The molecular formula is C29H56O4. The van der Waals surface area contributed by atoms with Gasteiger partial charge in [-0.3, -0.25) is 9.59 Å². The maximum atomic E-state index is 11.8. The van der Waals surface area contributed by atoms with Crippen LogP contribution in [0.3, 0.4) is 0 Å². The summed E-state index contributed by atoms with van der Waals surface area (Å²) in [6.07, 6.45) is 20.6. The van der Waals surface area contributed by atoms with E-state index in [2.05, 4.69) is 27.7 Å². The average Bonchev–Trinajstić information content (AvgIpc) is 2.76. The Morgan fingerprint density at radius 1 is 0.455 bits per heavy atom. The molecule has 0 rings (SSSR count). The van der Waals surface area contributed by atoms with Gasteiger partial charge in [0.1, 0.15) is 0 Å². The van der Waals surface area contributed by atoms with Crippen molar-refractivity contribution >= 4 is 11.9 Å². The molecule has 4 heteroatoms. The second-order valence-corrected chi connectivity index (χ2v) is 10.6. The average molecular weight is 469 g/mol. The van der Waals surface area contributed by atoms with Crippen LogP contribution in [-0.4, -0.2) is 25.2 Å². The van der Waals surface area contributed by atoms with Gasteiger partial charge in [0.25, 0.3) is 0 Å². The van der Waals surface area contributed by atoms with Crippen LogP contribution in [0.2, 0.25) is 0 Å². The second kappa shape index (κ2) is 24.1. The van der Waals surface area contributed by atoms with Crippen LogP contribution in [0, 0.1) is 11.8 Å². The molecule has 0 bridgehead atoms. The first-order chi connectivity index (χ1) is 15.9. The fourth-order valence-corrected chi connectivity index (χ4v) is 3.96. The van der Waals surface area contributed by atoms with Crippen LogP contribution in [0.5, 0.6) is 0 Å². The Balaban J connectivity index is 3.27. The number of esters is 2. The lowest BCUT2D eigenvalue weighted by molar-refractivity contribution is -0.144. The Morgan fingerprint density at radius 3 is 1.12 bits per heavy atom. The van der Waals surface area contributed by atoms with Crippen molar-refractivity contribution < 1.29 is 19.1 Å². The highest BCUT2D eigenvalue weighted by molar-refractivity contribution is 5.69. The minimum atomic E-state index is -0.0359. The van der Waals surface area contributed by atoms with Crippen LogP contribution in [0.15, 0.2) is 0 Å². The van der Waals surface area contributed by atoms with Gasteiger partial charge in [0.05, 0.1) is 13.2 Å². The predicted octanol–water partition coefficient (Wildman–Crippen LogP) is 8.80. The summed E-state index contributed by atoms with van der Waals surface area (Å²) in [5, 5.41) is 0. The fraction of sp³-hybridized carbons (Fsp3) is 0.931. The SMILES string of the molecule is CC(C)CCCCCCOC(=O)CCCCCCCCCC(=O)OCCCCCCC(C)C. The molecule has 33 heavy (non-hydrogen) atoms. The number of carbonyl (C=O) groups excluding carboxylic acids is 2. The van der Waals surface area contributed by atoms with Crippen LogP contribution in [0.1, 0.15) is 150 Å². The van der Waals surface area contributed by atoms with E-state index in [1.165, 1.54) is 44.9 Å². The van der Waals surface area contributed by atoms with Gasteiger partial charge >= 0.3 is 11.9 Å². The third-order valence-electron chi connectivity index (χ3n) is 6.14. The fourth-order valence-electron chi connectivity index (χ4n) is 3.96. The number of hydrogen-bond donors (Lipinski definition) is 0. The largest absolute Gasteiger partial charge is 0.466 e. The van der Waals surface area contributed by atoms with E-state index in [1.54, 1.807) is 0 Å². The highest BCUT2D eigenvalue weighted by Gasteiger charge is 2.04. The third kappa shape index (κ3) is 27.1. The minimum Gasteiger partial charge on any atom is -0.466 e. The Morgan fingerprint density at radius 2 is 0.758 bits per heavy atom. The molecule has 0 saturated heterocycles. The summed E-state index contributed by atoms with van der Waals surface area (Å²) in [4.78, 5) is 23.5. The zero-order valence-corrected chi connectivity index (χ0v) is 22.6. The molecule has 196 valence electrons. The number of hydrogen-bond acceptors (Lipinski definition) is 4. The van der Waals surface area contributed by atoms with Gasteiger partial charge in [0.2, 0.25) is 0 Å².